The first-order chi connectivity index (χ1) is 9.91. The third kappa shape index (κ3) is 2.99. The normalized spacial score (nSPS) is 11.8. The number of nitrogens with one attached hydrogen (secondary N) is 1. The van der Waals surface area contributed by atoms with Crippen LogP contribution in [0.2, 0.25) is 0 Å². The molecule has 4 nitrogen and oxygen atoms in total. The summed E-state index contributed by atoms with van der Waals surface area (Å²) in [5.74, 6) is 0.534. The quantitative estimate of drug-likeness (QED) is 0.732. The van der Waals surface area contributed by atoms with Crippen LogP contribution in [-0.4, -0.2) is 15.0 Å². The lowest BCUT2D eigenvalue weighted by Crippen LogP contribution is -2.05. The molecule has 21 heavy (non-hydrogen) atoms. The number of alkyl halides is 3. The lowest BCUT2D eigenvalue weighted by Gasteiger charge is -2.07. The van der Waals surface area contributed by atoms with Gasteiger partial charge in [-0.1, -0.05) is 0 Å². The number of rotatable bonds is 2. The second-order valence-corrected chi connectivity index (χ2v) is 4.94. The number of ether oxygens (including phenoxy) is 1. The summed E-state index contributed by atoms with van der Waals surface area (Å²) in [6.07, 6.45) is -3.67. The lowest BCUT2D eigenvalue weighted by molar-refractivity contribution is -0.137. The van der Waals surface area contributed by atoms with Crippen LogP contribution in [-0.2, 0) is 6.18 Å². The maximum absolute atomic E-state index is 12.4. The SMILES string of the molecule is FC(F)(F)c1ccc(Oc2ccc3nc(Br)[nH]c3c2)nc1. The van der Waals surface area contributed by atoms with Gasteiger partial charge in [0.15, 0.2) is 4.73 Å². The minimum atomic E-state index is -4.41. The number of nitrogens with zero attached hydrogens (tertiary/aromatic N) is 2. The molecular formula is C13H7BrF3N3O. The second-order valence-electron chi connectivity index (χ2n) is 4.19. The number of benzene rings is 1. The predicted octanol–water partition coefficient (Wildman–Crippen LogP) is 4.53. The van der Waals surface area contributed by atoms with E-state index in [-0.39, 0.29) is 5.88 Å². The summed E-state index contributed by atoms with van der Waals surface area (Å²) in [4.78, 5) is 10.8. The molecule has 0 bridgehead atoms. The van der Waals surface area contributed by atoms with Crippen molar-refractivity contribution < 1.29 is 17.9 Å². The monoisotopic (exact) mass is 357 g/mol. The number of hydrogen-bond donors (Lipinski definition) is 1. The smallest absolute Gasteiger partial charge is 0.417 e. The summed E-state index contributed by atoms with van der Waals surface area (Å²) in [7, 11) is 0. The van der Waals surface area contributed by atoms with Crippen molar-refractivity contribution in [2.24, 2.45) is 0 Å². The van der Waals surface area contributed by atoms with Gasteiger partial charge in [-0.25, -0.2) is 9.97 Å². The van der Waals surface area contributed by atoms with Crippen LogP contribution in [0, 0.1) is 0 Å². The predicted molar refractivity (Wildman–Crippen MR) is 73.1 cm³/mol. The van der Waals surface area contributed by atoms with Gasteiger partial charge in [0.05, 0.1) is 16.6 Å². The number of fused-ring (bicyclic) bond motifs is 1. The van der Waals surface area contributed by atoms with Crippen LogP contribution in [0.3, 0.4) is 0 Å². The van der Waals surface area contributed by atoms with E-state index in [1.807, 2.05) is 0 Å². The molecule has 0 aliphatic carbocycles. The Hall–Kier alpha value is -2.09. The minimum Gasteiger partial charge on any atom is -0.439 e. The number of pyridine rings is 1. The van der Waals surface area contributed by atoms with Crippen molar-refractivity contribution in [3.8, 4) is 11.6 Å². The van der Waals surface area contributed by atoms with E-state index in [0.29, 0.717) is 10.5 Å². The van der Waals surface area contributed by atoms with Crippen LogP contribution < -0.4 is 4.74 Å². The summed E-state index contributed by atoms with van der Waals surface area (Å²) in [6, 6.07) is 7.18. The Bertz CT molecular complexity index is 783. The minimum absolute atomic E-state index is 0.0842. The summed E-state index contributed by atoms with van der Waals surface area (Å²) >= 11 is 3.22. The van der Waals surface area contributed by atoms with Crippen LogP contribution in [0.4, 0.5) is 13.2 Å². The molecule has 1 aromatic carbocycles. The fraction of sp³-hybridized carbons (Fsp3) is 0.0769. The van der Waals surface area contributed by atoms with E-state index >= 15 is 0 Å². The van der Waals surface area contributed by atoms with Crippen LogP contribution >= 0.6 is 15.9 Å². The van der Waals surface area contributed by atoms with Crippen molar-refractivity contribution in [2.45, 2.75) is 6.18 Å². The second kappa shape index (κ2) is 5.03. The molecule has 0 aliphatic rings. The fourth-order valence-corrected chi connectivity index (χ4v) is 2.15. The third-order valence-corrected chi connectivity index (χ3v) is 3.09. The summed E-state index contributed by atoms with van der Waals surface area (Å²) < 4.78 is 43.3. The molecular weight excluding hydrogens is 351 g/mol. The molecule has 1 N–H and O–H groups in total. The Morgan fingerprint density at radius 2 is 1.95 bits per heavy atom. The highest BCUT2D eigenvalue weighted by Gasteiger charge is 2.30. The third-order valence-electron chi connectivity index (χ3n) is 2.71. The van der Waals surface area contributed by atoms with Gasteiger partial charge in [-0.05, 0) is 34.1 Å². The van der Waals surface area contributed by atoms with E-state index in [2.05, 4.69) is 30.9 Å². The maximum Gasteiger partial charge on any atom is 0.417 e. The summed E-state index contributed by atoms with van der Waals surface area (Å²) in [5.41, 5.74) is 0.670. The zero-order valence-electron chi connectivity index (χ0n) is 10.3. The Kier molecular flexibility index (Phi) is 3.32. The summed E-state index contributed by atoms with van der Waals surface area (Å²) in [5, 5.41) is 0. The molecule has 2 heterocycles. The number of H-pyrrole nitrogens is 1. The molecule has 0 saturated carbocycles. The van der Waals surface area contributed by atoms with E-state index < -0.39 is 11.7 Å². The van der Waals surface area contributed by atoms with Crippen LogP contribution in [0.15, 0.2) is 41.3 Å². The average molecular weight is 358 g/mol. The average Bonchev–Trinajstić information content (AvgIpc) is 2.78. The highest BCUT2D eigenvalue weighted by molar-refractivity contribution is 9.10. The standard InChI is InChI=1S/C13H7BrF3N3O/c14-12-19-9-3-2-8(5-10(9)20-12)21-11-4-1-7(6-18-11)13(15,16)17/h1-6H,(H,19,20). The molecule has 0 radical (unpaired) electrons. The molecule has 8 heteroatoms. The van der Waals surface area contributed by atoms with E-state index in [9.17, 15) is 13.2 Å². The van der Waals surface area contributed by atoms with E-state index in [1.54, 1.807) is 18.2 Å². The number of imidazole rings is 1. The van der Waals surface area contributed by atoms with Gasteiger partial charge in [-0.15, -0.1) is 0 Å². The van der Waals surface area contributed by atoms with Gasteiger partial charge >= 0.3 is 6.18 Å². The van der Waals surface area contributed by atoms with Crippen molar-refractivity contribution in [2.75, 3.05) is 0 Å². The molecule has 0 saturated heterocycles. The molecule has 3 aromatic rings. The number of aromatic nitrogens is 3. The van der Waals surface area contributed by atoms with E-state index in [1.165, 1.54) is 6.07 Å². The van der Waals surface area contributed by atoms with Gasteiger partial charge in [-0.3, -0.25) is 0 Å². The maximum atomic E-state index is 12.4. The molecule has 0 fully saturated rings. The molecule has 0 unspecified atom stereocenters. The number of aromatic amines is 1. The molecule has 0 atom stereocenters. The number of hydrogen-bond acceptors (Lipinski definition) is 3. The van der Waals surface area contributed by atoms with Crippen LogP contribution in [0.5, 0.6) is 11.6 Å². The Balaban J connectivity index is 1.84. The zero-order chi connectivity index (χ0) is 15.0. The highest BCUT2D eigenvalue weighted by atomic mass is 79.9. The topological polar surface area (TPSA) is 50.8 Å². The molecule has 0 amide bonds. The van der Waals surface area contributed by atoms with Gasteiger partial charge in [0.1, 0.15) is 5.75 Å². The van der Waals surface area contributed by atoms with Crippen LogP contribution in [0.25, 0.3) is 11.0 Å². The van der Waals surface area contributed by atoms with Crippen LogP contribution in [0.1, 0.15) is 5.56 Å². The van der Waals surface area contributed by atoms with Gasteiger partial charge in [0, 0.05) is 18.3 Å². The Labute approximate surface area is 125 Å². The molecule has 2 aromatic heterocycles. The lowest BCUT2D eigenvalue weighted by atomic mass is 10.3. The van der Waals surface area contributed by atoms with Gasteiger partial charge in [-0.2, -0.15) is 13.2 Å². The van der Waals surface area contributed by atoms with Gasteiger partial charge in [0.25, 0.3) is 0 Å². The van der Waals surface area contributed by atoms with Crippen molar-refractivity contribution in [3.63, 3.8) is 0 Å². The number of halogens is 4. The molecule has 0 aliphatic heterocycles. The molecule has 0 spiro atoms. The van der Waals surface area contributed by atoms with Gasteiger partial charge in [0.2, 0.25) is 5.88 Å². The summed E-state index contributed by atoms with van der Waals surface area (Å²) in [6.45, 7) is 0. The first-order valence-electron chi connectivity index (χ1n) is 5.78. The molecule has 108 valence electrons. The fourth-order valence-electron chi connectivity index (χ4n) is 1.75. The van der Waals surface area contributed by atoms with Crippen molar-refractivity contribution in [1.82, 2.24) is 15.0 Å². The first kappa shape index (κ1) is 13.9. The van der Waals surface area contributed by atoms with Crippen molar-refractivity contribution in [1.29, 1.82) is 0 Å². The van der Waals surface area contributed by atoms with E-state index in [0.717, 1.165) is 23.3 Å². The van der Waals surface area contributed by atoms with Crippen molar-refractivity contribution in [3.05, 3.63) is 46.8 Å². The molecule has 3 rings (SSSR count). The highest BCUT2D eigenvalue weighted by Crippen LogP contribution is 2.30. The Morgan fingerprint density at radius 3 is 2.62 bits per heavy atom. The first-order valence-corrected chi connectivity index (χ1v) is 6.57. The van der Waals surface area contributed by atoms with E-state index in [4.69, 9.17) is 4.74 Å². The van der Waals surface area contributed by atoms with Gasteiger partial charge < -0.3 is 9.72 Å². The largest absolute Gasteiger partial charge is 0.439 e. The Morgan fingerprint density at radius 1 is 1.14 bits per heavy atom. The van der Waals surface area contributed by atoms with Crippen molar-refractivity contribution >= 4 is 27.0 Å². The zero-order valence-corrected chi connectivity index (χ0v) is 11.9.